The van der Waals surface area contributed by atoms with E-state index < -0.39 is 0 Å². The van der Waals surface area contributed by atoms with E-state index in [2.05, 4.69) is 20.8 Å². The molecule has 0 spiro atoms. The van der Waals surface area contributed by atoms with Crippen LogP contribution in [-0.2, 0) is 9.47 Å². The predicted molar refractivity (Wildman–Crippen MR) is 76.7 cm³/mol. The highest BCUT2D eigenvalue weighted by Gasteiger charge is 2.27. The van der Waals surface area contributed by atoms with E-state index in [9.17, 15) is 0 Å². The molecule has 18 heavy (non-hydrogen) atoms. The standard InChI is InChI=1S/C16H32O2/c1-4-5-6-7-8-9-10-11-12-15-13-17-16(18-15)14(2)3/h14-16H,4-13H2,1-3H3. The zero-order valence-electron chi connectivity index (χ0n) is 12.6. The van der Waals surface area contributed by atoms with E-state index in [0.717, 1.165) is 6.61 Å². The second-order valence-electron chi connectivity index (χ2n) is 5.97. The van der Waals surface area contributed by atoms with E-state index in [-0.39, 0.29) is 6.29 Å². The molecular weight excluding hydrogens is 224 g/mol. The fraction of sp³-hybridized carbons (Fsp3) is 1.00. The molecule has 2 unspecified atom stereocenters. The van der Waals surface area contributed by atoms with Gasteiger partial charge in [0.05, 0.1) is 12.7 Å². The van der Waals surface area contributed by atoms with Crippen molar-refractivity contribution in [2.75, 3.05) is 6.61 Å². The van der Waals surface area contributed by atoms with Gasteiger partial charge in [-0.1, -0.05) is 72.1 Å². The van der Waals surface area contributed by atoms with Crippen molar-refractivity contribution in [2.24, 2.45) is 5.92 Å². The van der Waals surface area contributed by atoms with Gasteiger partial charge in [-0.05, 0) is 6.42 Å². The smallest absolute Gasteiger partial charge is 0.160 e. The van der Waals surface area contributed by atoms with Crippen LogP contribution in [0.3, 0.4) is 0 Å². The Labute approximate surface area is 113 Å². The number of unbranched alkanes of at least 4 members (excludes halogenated alkanes) is 7. The molecule has 2 heteroatoms. The molecule has 0 amide bonds. The molecule has 0 aliphatic carbocycles. The summed E-state index contributed by atoms with van der Waals surface area (Å²) in [7, 11) is 0. The zero-order valence-corrected chi connectivity index (χ0v) is 12.6. The maximum atomic E-state index is 5.86. The zero-order chi connectivity index (χ0) is 13.2. The van der Waals surface area contributed by atoms with Crippen LogP contribution in [0.15, 0.2) is 0 Å². The van der Waals surface area contributed by atoms with Crippen LogP contribution in [0.25, 0.3) is 0 Å². The van der Waals surface area contributed by atoms with Crippen LogP contribution >= 0.6 is 0 Å². The highest BCUT2D eigenvalue weighted by molar-refractivity contribution is 4.67. The van der Waals surface area contributed by atoms with Crippen LogP contribution in [0, 0.1) is 5.92 Å². The summed E-state index contributed by atoms with van der Waals surface area (Å²) in [5, 5.41) is 0. The molecule has 0 bridgehead atoms. The summed E-state index contributed by atoms with van der Waals surface area (Å²) in [5.74, 6) is 0.480. The van der Waals surface area contributed by atoms with E-state index in [0.29, 0.717) is 12.0 Å². The molecular formula is C16H32O2. The topological polar surface area (TPSA) is 18.5 Å². The van der Waals surface area contributed by atoms with Gasteiger partial charge in [-0.3, -0.25) is 0 Å². The summed E-state index contributed by atoms with van der Waals surface area (Å²) in [6.45, 7) is 7.39. The van der Waals surface area contributed by atoms with E-state index in [1.807, 2.05) is 0 Å². The van der Waals surface area contributed by atoms with Gasteiger partial charge >= 0.3 is 0 Å². The maximum Gasteiger partial charge on any atom is 0.160 e. The highest BCUT2D eigenvalue weighted by atomic mass is 16.7. The fourth-order valence-corrected chi connectivity index (χ4v) is 2.48. The molecule has 0 radical (unpaired) electrons. The summed E-state index contributed by atoms with van der Waals surface area (Å²) in [4.78, 5) is 0. The molecule has 1 fully saturated rings. The summed E-state index contributed by atoms with van der Waals surface area (Å²) in [6.07, 6.45) is 12.6. The van der Waals surface area contributed by atoms with Crippen molar-refractivity contribution in [2.45, 2.75) is 91.0 Å². The van der Waals surface area contributed by atoms with Gasteiger partial charge in [0, 0.05) is 5.92 Å². The van der Waals surface area contributed by atoms with Gasteiger partial charge in [0.2, 0.25) is 0 Å². The van der Waals surface area contributed by atoms with Crippen molar-refractivity contribution in [3.63, 3.8) is 0 Å². The fourth-order valence-electron chi connectivity index (χ4n) is 2.48. The van der Waals surface area contributed by atoms with Crippen molar-refractivity contribution < 1.29 is 9.47 Å². The Morgan fingerprint density at radius 2 is 1.56 bits per heavy atom. The molecule has 0 saturated carbocycles. The summed E-state index contributed by atoms with van der Waals surface area (Å²) >= 11 is 0. The first-order valence-electron chi connectivity index (χ1n) is 8.01. The van der Waals surface area contributed by atoms with Crippen molar-refractivity contribution in [1.29, 1.82) is 0 Å². The monoisotopic (exact) mass is 256 g/mol. The van der Waals surface area contributed by atoms with Crippen molar-refractivity contribution in [3.05, 3.63) is 0 Å². The van der Waals surface area contributed by atoms with E-state index in [1.54, 1.807) is 0 Å². The van der Waals surface area contributed by atoms with Crippen molar-refractivity contribution in [1.82, 2.24) is 0 Å². The highest BCUT2D eigenvalue weighted by Crippen LogP contribution is 2.22. The van der Waals surface area contributed by atoms with Crippen molar-refractivity contribution in [3.8, 4) is 0 Å². The SMILES string of the molecule is CCCCCCCCCCC1COC(C(C)C)O1. The normalized spacial score (nSPS) is 24.0. The molecule has 1 saturated heterocycles. The Kier molecular flexibility index (Phi) is 8.70. The van der Waals surface area contributed by atoms with Crippen LogP contribution in [-0.4, -0.2) is 19.0 Å². The van der Waals surface area contributed by atoms with Gasteiger partial charge in [-0.25, -0.2) is 0 Å². The van der Waals surface area contributed by atoms with E-state index in [4.69, 9.17) is 9.47 Å². The Bertz CT molecular complexity index is 192. The Balaban J connectivity index is 1.87. The van der Waals surface area contributed by atoms with Crippen LogP contribution in [0.1, 0.15) is 78.6 Å². The third-order valence-electron chi connectivity index (χ3n) is 3.70. The molecule has 0 N–H and O–H groups in total. The number of rotatable bonds is 10. The van der Waals surface area contributed by atoms with Crippen LogP contribution in [0.2, 0.25) is 0 Å². The average Bonchev–Trinajstić information content (AvgIpc) is 2.81. The van der Waals surface area contributed by atoms with E-state index >= 15 is 0 Å². The summed E-state index contributed by atoms with van der Waals surface area (Å²) < 4.78 is 11.5. The van der Waals surface area contributed by atoms with Gasteiger partial charge in [0.25, 0.3) is 0 Å². The average molecular weight is 256 g/mol. The van der Waals surface area contributed by atoms with E-state index in [1.165, 1.54) is 57.8 Å². The van der Waals surface area contributed by atoms with Crippen LogP contribution in [0.4, 0.5) is 0 Å². The van der Waals surface area contributed by atoms with Crippen LogP contribution < -0.4 is 0 Å². The lowest BCUT2D eigenvalue weighted by atomic mass is 10.1. The first-order valence-corrected chi connectivity index (χ1v) is 8.01. The minimum absolute atomic E-state index is 0.0454. The second kappa shape index (κ2) is 9.80. The number of ether oxygens (including phenoxy) is 2. The van der Waals surface area contributed by atoms with Crippen molar-refractivity contribution >= 4 is 0 Å². The largest absolute Gasteiger partial charge is 0.350 e. The third-order valence-corrected chi connectivity index (χ3v) is 3.70. The van der Waals surface area contributed by atoms with Crippen LogP contribution in [0.5, 0.6) is 0 Å². The molecule has 1 heterocycles. The third kappa shape index (κ3) is 6.75. The van der Waals surface area contributed by atoms with Gasteiger partial charge in [0.1, 0.15) is 0 Å². The number of hydrogen-bond donors (Lipinski definition) is 0. The lowest BCUT2D eigenvalue weighted by molar-refractivity contribution is -0.0880. The summed E-state index contributed by atoms with van der Waals surface area (Å²) in [5.41, 5.74) is 0. The molecule has 1 rings (SSSR count). The van der Waals surface area contributed by atoms with Gasteiger partial charge < -0.3 is 9.47 Å². The minimum Gasteiger partial charge on any atom is -0.350 e. The lowest BCUT2D eigenvalue weighted by Gasteiger charge is -2.14. The Morgan fingerprint density at radius 3 is 2.11 bits per heavy atom. The predicted octanol–water partition coefficient (Wildman–Crippen LogP) is 4.91. The second-order valence-corrected chi connectivity index (χ2v) is 5.97. The van der Waals surface area contributed by atoms with Gasteiger partial charge in [-0.15, -0.1) is 0 Å². The molecule has 108 valence electrons. The first kappa shape index (κ1) is 16.0. The molecule has 0 aromatic rings. The Morgan fingerprint density at radius 1 is 0.944 bits per heavy atom. The maximum absolute atomic E-state index is 5.86. The Hall–Kier alpha value is -0.0800. The molecule has 0 aromatic carbocycles. The molecule has 0 aromatic heterocycles. The molecule has 2 atom stereocenters. The first-order chi connectivity index (χ1) is 8.74. The van der Waals surface area contributed by atoms with Gasteiger partial charge in [-0.2, -0.15) is 0 Å². The quantitative estimate of drug-likeness (QED) is 0.517. The molecule has 1 aliphatic rings. The lowest BCUT2D eigenvalue weighted by Crippen LogP contribution is -2.17. The summed E-state index contributed by atoms with van der Waals surface area (Å²) in [6, 6.07) is 0. The molecule has 2 nitrogen and oxygen atoms in total. The molecule has 1 aliphatic heterocycles. The minimum atomic E-state index is 0.0454. The van der Waals surface area contributed by atoms with Gasteiger partial charge in [0.15, 0.2) is 6.29 Å². The number of hydrogen-bond acceptors (Lipinski definition) is 2.